The largest absolute Gasteiger partial charge is 0.490 e. The third kappa shape index (κ3) is 4.65. The lowest BCUT2D eigenvalue weighted by Gasteiger charge is -2.32. The van der Waals surface area contributed by atoms with Crippen LogP contribution in [0.15, 0.2) is 24.3 Å². The van der Waals surface area contributed by atoms with Gasteiger partial charge in [0.15, 0.2) is 0 Å². The van der Waals surface area contributed by atoms with Crippen LogP contribution in [0.4, 0.5) is 4.79 Å². The molecule has 1 aromatic rings. The Balaban J connectivity index is 1.75. The molecule has 0 aromatic heterocycles. The van der Waals surface area contributed by atoms with Crippen LogP contribution < -0.4 is 10.1 Å². The standard InChI is InChI=1S/C16H22N2O4/c1-12-4-3-5-14(10-12)22-13-6-8-18(9-7-13)15(19)11-17-16(20)21-2/h3-5,10,13H,6-9,11H2,1-2H3,(H,17,20). The van der Waals surface area contributed by atoms with Crippen molar-refractivity contribution in [3.63, 3.8) is 0 Å². The number of nitrogens with zero attached hydrogens (tertiary/aromatic N) is 1. The number of piperidine rings is 1. The number of rotatable bonds is 4. The normalized spacial score (nSPS) is 15.3. The minimum absolute atomic E-state index is 0.0317. The molecule has 1 saturated heterocycles. The van der Waals surface area contributed by atoms with E-state index in [1.54, 1.807) is 4.90 Å². The molecule has 6 nitrogen and oxygen atoms in total. The van der Waals surface area contributed by atoms with Crippen LogP contribution in [0, 0.1) is 6.92 Å². The monoisotopic (exact) mass is 306 g/mol. The quantitative estimate of drug-likeness (QED) is 0.919. The lowest BCUT2D eigenvalue weighted by Crippen LogP contribution is -2.46. The zero-order chi connectivity index (χ0) is 15.9. The number of benzene rings is 1. The number of likely N-dealkylation sites (tertiary alicyclic amines) is 1. The van der Waals surface area contributed by atoms with E-state index in [1.165, 1.54) is 12.7 Å². The molecule has 0 saturated carbocycles. The van der Waals surface area contributed by atoms with Gasteiger partial charge in [-0.05, 0) is 24.6 Å². The zero-order valence-electron chi connectivity index (χ0n) is 13.0. The van der Waals surface area contributed by atoms with Crippen molar-refractivity contribution in [2.45, 2.75) is 25.9 Å². The molecule has 2 amide bonds. The maximum absolute atomic E-state index is 11.9. The first-order chi connectivity index (χ1) is 10.6. The summed E-state index contributed by atoms with van der Waals surface area (Å²) in [5.41, 5.74) is 1.17. The molecule has 0 aliphatic carbocycles. The van der Waals surface area contributed by atoms with E-state index >= 15 is 0 Å². The Morgan fingerprint density at radius 1 is 1.32 bits per heavy atom. The predicted octanol–water partition coefficient (Wildman–Crippen LogP) is 1.72. The lowest BCUT2D eigenvalue weighted by molar-refractivity contribution is -0.131. The molecule has 0 bridgehead atoms. The Kier molecular flexibility index (Phi) is 5.63. The summed E-state index contributed by atoms with van der Waals surface area (Å²) >= 11 is 0. The molecule has 1 N–H and O–H groups in total. The van der Waals surface area contributed by atoms with Gasteiger partial charge < -0.3 is 19.7 Å². The van der Waals surface area contributed by atoms with Crippen LogP contribution in [0.2, 0.25) is 0 Å². The predicted molar refractivity (Wildman–Crippen MR) is 81.8 cm³/mol. The fourth-order valence-electron chi connectivity index (χ4n) is 2.44. The van der Waals surface area contributed by atoms with Gasteiger partial charge in [-0.1, -0.05) is 12.1 Å². The lowest BCUT2D eigenvalue weighted by atomic mass is 10.1. The number of hydrogen-bond donors (Lipinski definition) is 1. The number of carbonyl (C=O) groups is 2. The number of amides is 2. The summed E-state index contributed by atoms with van der Waals surface area (Å²) in [6.07, 6.45) is 1.11. The summed E-state index contributed by atoms with van der Waals surface area (Å²) < 4.78 is 10.4. The molecular weight excluding hydrogens is 284 g/mol. The number of ether oxygens (including phenoxy) is 2. The first-order valence-electron chi connectivity index (χ1n) is 7.41. The average molecular weight is 306 g/mol. The Bertz CT molecular complexity index is 525. The van der Waals surface area contributed by atoms with E-state index in [0.29, 0.717) is 13.1 Å². The fraction of sp³-hybridized carbons (Fsp3) is 0.500. The highest BCUT2D eigenvalue weighted by Crippen LogP contribution is 2.19. The second kappa shape index (κ2) is 7.68. The average Bonchev–Trinajstić information content (AvgIpc) is 2.53. The van der Waals surface area contributed by atoms with Gasteiger partial charge in [0.05, 0.1) is 7.11 Å². The zero-order valence-corrected chi connectivity index (χ0v) is 13.0. The second-order valence-corrected chi connectivity index (χ2v) is 5.36. The smallest absolute Gasteiger partial charge is 0.407 e. The summed E-state index contributed by atoms with van der Waals surface area (Å²) in [5.74, 6) is 0.775. The first kappa shape index (κ1) is 16.1. The molecular formula is C16H22N2O4. The molecule has 22 heavy (non-hydrogen) atoms. The Labute approximate surface area is 130 Å². The fourth-order valence-corrected chi connectivity index (χ4v) is 2.44. The van der Waals surface area contributed by atoms with Crippen LogP contribution in [-0.4, -0.2) is 49.7 Å². The van der Waals surface area contributed by atoms with Gasteiger partial charge in [-0.2, -0.15) is 0 Å². The van der Waals surface area contributed by atoms with Crippen molar-refractivity contribution in [2.75, 3.05) is 26.7 Å². The van der Waals surface area contributed by atoms with Crippen LogP contribution in [0.3, 0.4) is 0 Å². The number of carbonyl (C=O) groups excluding carboxylic acids is 2. The van der Waals surface area contributed by atoms with Crippen molar-refractivity contribution >= 4 is 12.0 Å². The van der Waals surface area contributed by atoms with E-state index in [9.17, 15) is 9.59 Å². The van der Waals surface area contributed by atoms with E-state index in [2.05, 4.69) is 10.1 Å². The summed E-state index contributed by atoms with van der Waals surface area (Å²) in [5, 5.41) is 2.40. The Morgan fingerprint density at radius 3 is 2.68 bits per heavy atom. The van der Waals surface area contributed by atoms with Crippen LogP contribution in [0.5, 0.6) is 5.75 Å². The summed E-state index contributed by atoms with van der Waals surface area (Å²) in [7, 11) is 1.27. The van der Waals surface area contributed by atoms with Gasteiger partial charge in [0.1, 0.15) is 18.4 Å². The van der Waals surface area contributed by atoms with Crippen molar-refractivity contribution in [1.82, 2.24) is 10.2 Å². The van der Waals surface area contributed by atoms with Crippen molar-refractivity contribution in [3.8, 4) is 5.75 Å². The molecule has 120 valence electrons. The van der Waals surface area contributed by atoms with Gasteiger partial charge in [-0.25, -0.2) is 4.79 Å². The van der Waals surface area contributed by atoms with Gasteiger partial charge >= 0.3 is 6.09 Å². The van der Waals surface area contributed by atoms with E-state index in [1.807, 2.05) is 31.2 Å². The van der Waals surface area contributed by atoms with Gasteiger partial charge in [0.25, 0.3) is 0 Å². The molecule has 0 spiro atoms. The number of hydrogen-bond acceptors (Lipinski definition) is 4. The van der Waals surface area contributed by atoms with Crippen LogP contribution >= 0.6 is 0 Å². The molecule has 2 rings (SSSR count). The van der Waals surface area contributed by atoms with E-state index in [0.717, 1.165) is 18.6 Å². The Morgan fingerprint density at radius 2 is 2.05 bits per heavy atom. The maximum atomic E-state index is 11.9. The van der Waals surface area contributed by atoms with Crippen molar-refractivity contribution in [2.24, 2.45) is 0 Å². The number of methoxy groups -OCH3 is 1. The molecule has 0 unspecified atom stereocenters. The minimum atomic E-state index is -0.592. The van der Waals surface area contributed by atoms with E-state index < -0.39 is 6.09 Å². The van der Waals surface area contributed by atoms with Crippen molar-refractivity contribution in [3.05, 3.63) is 29.8 Å². The highest BCUT2D eigenvalue weighted by atomic mass is 16.5. The van der Waals surface area contributed by atoms with Gasteiger partial charge in [-0.3, -0.25) is 4.79 Å². The molecule has 0 radical (unpaired) electrons. The second-order valence-electron chi connectivity index (χ2n) is 5.36. The molecule has 1 aliphatic heterocycles. The molecule has 6 heteroatoms. The van der Waals surface area contributed by atoms with Crippen molar-refractivity contribution < 1.29 is 19.1 Å². The van der Waals surface area contributed by atoms with Crippen LogP contribution in [0.1, 0.15) is 18.4 Å². The van der Waals surface area contributed by atoms with Crippen LogP contribution in [0.25, 0.3) is 0 Å². The first-order valence-corrected chi connectivity index (χ1v) is 7.41. The van der Waals surface area contributed by atoms with E-state index in [-0.39, 0.29) is 18.6 Å². The molecule has 1 aliphatic rings. The topological polar surface area (TPSA) is 67.9 Å². The minimum Gasteiger partial charge on any atom is -0.490 e. The highest BCUT2D eigenvalue weighted by Gasteiger charge is 2.24. The summed E-state index contributed by atoms with van der Waals surface area (Å²) in [6, 6.07) is 7.97. The number of nitrogens with one attached hydrogen (secondary N) is 1. The highest BCUT2D eigenvalue weighted by molar-refractivity contribution is 5.82. The number of aryl methyl sites for hydroxylation is 1. The van der Waals surface area contributed by atoms with Gasteiger partial charge in [0, 0.05) is 25.9 Å². The molecule has 1 aromatic carbocycles. The SMILES string of the molecule is COC(=O)NCC(=O)N1CCC(Oc2cccc(C)c2)CC1. The van der Waals surface area contributed by atoms with Gasteiger partial charge in [-0.15, -0.1) is 0 Å². The molecule has 1 heterocycles. The third-order valence-corrected chi connectivity index (χ3v) is 3.66. The summed E-state index contributed by atoms with van der Waals surface area (Å²) in [4.78, 5) is 24.6. The summed E-state index contributed by atoms with van der Waals surface area (Å²) in [6.45, 7) is 3.27. The van der Waals surface area contributed by atoms with Crippen molar-refractivity contribution in [1.29, 1.82) is 0 Å². The van der Waals surface area contributed by atoms with Crippen LogP contribution in [-0.2, 0) is 9.53 Å². The van der Waals surface area contributed by atoms with E-state index in [4.69, 9.17) is 4.74 Å². The molecule has 1 fully saturated rings. The maximum Gasteiger partial charge on any atom is 0.407 e. The number of alkyl carbamates (subject to hydrolysis) is 1. The molecule has 0 atom stereocenters. The third-order valence-electron chi connectivity index (χ3n) is 3.66. The van der Waals surface area contributed by atoms with Gasteiger partial charge in [0.2, 0.25) is 5.91 Å². The Hall–Kier alpha value is -2.24.